The average Bonchev–Trinajstić information content (AvgIpc) is 3.65. The number of carbonyl (C=O) groups is 4. The van der Waals surface area contributed by atoms with Crippen molar-refractivity contribution < 1.29 is 19.2 Å². The number of nitrogens with zero attached hydrogens (tertiary/aromatic N) is 1. The van der Waals surface area contributed by atoms with Crippen molar-refractivity contribution in [2.45, 2.75) is 48.7 Å². The van der Waals surface area contributed by atoms with E-state index in [2.05, 4.69) is 67.9 Å². The van der Waals surface area contributed by atoms with Gasteiger partial charge in [0.05, 0.1) is 5.69 Å². The number of anilines is 1. The molecule has 2 aliphatic rings. The number of hydrogen-bond donors (Lipinski definition) is 3. The predicted octanol–water partition coefficient (Wildman–Crippen LogP) is 4.57. The minimum absolute atomic E-state index is 0.0196. The third-order valence-electron chi connectivity index (χ3n) is 8.02. The second-order valence-electron chi connectivity index (χ2n) is 11.2. The molecule has 1 aromatic heterocycles. The van der Waals surface area contributed by atoms with Crippen LogP contribution in [0.1, 0.15) is 53.4 Å². The Balaban J connectivity index is 1.25. The first kappa shape index (κ1) is 31.7. The molecule has 0 radical (unpaired) electrons. The molecular weight excluding hydrogens is 617 g/mol. The molecule has 8 nitrogen and oxygen atoms in total. The minimum atomic E-state index is -0.823. The van der Waals surface area contributed by atoms with Gasteiger partial charge in [0.15, 0.2) is 0 Å². The second-order valence-corrected chi connectivity index (χ2v) is 17.4. The number of nitrogens with one attached hydrogen (secondary N) is 3. The van der Waals surface area contributed by atoms with Crippen molar-refractivity contribution >= 4 is 68.4 Å². The lowest BCUT2D eigenvalue weighted by atomic mass is 9.73. The van der Waals surface area contributed by atoms with Crippen LogP contribution in [0.5, 0.6) is 0 Å². The molecule has 3 aromatic rings. The summed E-state index contributed by atoms with van der Waals surface area (Å²) >= 11 is 1.22. The van der Waals surface area contributed by atoms with Gasteiger partial charge >= 0.3 is 0 Å². The molecule has 1 saturated heterocycles. The topological polar surface area (TPSA) is 108 Å². The summed E-state index contributed by atoms with van der Waals surface area (Å²) in [7, 11) is 8.17. The first-order valence-electron chi connectivity index (χ1n) is 14.3. The maximum Gasteiger partial charge on any atom is 0.264 e. The van der Waals surface area contributed by atoms with Gasteiger partial charge in [0.2, 0.25) is 17.7 Å². The molecular formula is C31H37N4O4P3S. The van der Waals surface area contributed by atoms with Gasteiger partial charge in [-0.25, -0.2) is 0 Å². The monoisotopic (exact) mass is 654 g/mol. The zero-order chi connectivity index (χ0) is 30.8. The first-order chi connectivity index (χ1) is 20.5. The molecule has 3 N–H and O–H groups in total. The Bertz CT molecular complexity index is 1510. The number of rotatable bonds is 11. The summed E-state index contributed by atoms with van der Waals surface area (Å²) < 4.78 is -0.300. The summed E-state index contributed by atoms with van der Waals surface area (Å²) in [6.45, 7) is 2.96. The Hall–Kier alpha value is -2.69. The van der Waals surface area contributed by atoms with Crippen LogP contribution in [-0.2, 0) is 19.8 Å². The van der Waals surface area contributed by atoms with Crippen LogP contribution in [0, 0.1) is 0 Å². The average molecular weight is 655 g/mol. The number of hydrogen-bond acceptors (Lipinski definition) is 5. The van der Waals surface area contributed by atoms with Crippen LogP contribution in [0.25, 0.3) is 11.1 Å². The Morgan fingerprint density at radius 1 is 1.00 bits per heavy atom. The van der Waals surface area contributed by atoms with Crippen LogP contribution in [0.4, 0.5) is 5.69 Å². The molecule has 12 heteroatoms. The maximum absolute atomic E-state index is 14.1. The van der Waals surface area contributed by atoms with E-state index in [0.717, 1.165) is 35.1 Å². The van der Waals surface area contributed by atoms with Crippen molar-refractivity contribution in [3.05, 3.63) is 76.0 Å². The van der Waals surface area contributed by atoms with Gasteiger partial charge in [0.1, 0.15) is 16.3 Å². The van der Waals surface area contributed by atoms with E-state index in [1.54, 1.807) is 16.3 Å². The van der Waals surface area contributed by atoms with E-state index in [1.165, 1.54) is 18.3 Å². The fourth-order valence-electron chi connectivity index (χ4n) is 6.12. The van der Waals surface area contributed by atoms with Crippen molar-refractivity contribution in [2.75, 3.05) is 25.0 Å². The molecule has 2 aromatic carbocycles. The molecule has 4 unspecified atom stereocenters. The molecule has 4 atom stereocenters. The van der Waals surface area contributed by atoms with Gasteiger partial charge in [-0.05, 0) is 59.4 Å². The lowest BCUT2D eigenvalue weighted by Gasteiger charge is -2.32. The third kappa shape index (κ3) is 6.71. The number of benzene rings is 2. The van der Waals surface area contributed by atoms with Gasteiger partial charge in [-0.3, -0.25) is 19.2 Å². The molecule has 2 heterocycles. The molecule has 43 heavy (non-hydrogen) atoms. The molecule has 0 spiro atoms. The van der Waals surface area contributed by atoms with Crippen LogP contribution in [-0.4, -0.2) is 58.8 Å². The van der Waals surface area contributed by atoms with Crippen molar-refractivity contribution in [3.8, 4) is 11.1 Å². The van der Waals surface area contributed by atoms with Crippen LogP contribution in [0.15, 0.2) is 60.0 Å². The Morgan fingerprint density at radius 2 is 1.65 bits per heavy atom. The largest absolute Gasteiger partial charge is 0.353 e. The van der Waals surface area contributed by atoms with Crippen LogP contribution in [0.3, 0.4) is 0 Å². The molecule has 0 saturated carbocycles. The molecule has 4 amide bonds. The Labute approximate surface area is 263 Å². The summed E-state index contributed by atoms with van der Waals surface area (Å²) in [6, 6.07) is 17.4. The van der Waals surface area contributed by atoms with Crippen molar-refractivity contribution in [3.63, 3.8) is 0 Å². The highest BCUT2D eigenvalue weighted by Gasteiger charge is 2.48. The quantitative estimate of drug-likeness (QED) is 0.208. The smallest absolute Gasteiger partial charge is 0.264 e. The molecule has 226 valence electrons. The molecule has 0 bridgehead atoms. The van der Waals surface area contributed by atoms with E-state index in [-0.39, 0.29) is 28.3 Å². The van der Waals surface area contributed by atoms with Gasteiger partial charge in [0.25, 0.3) is 5.91 Å². The van der Waals surface area contributed by atoms with Crippen molar-refractivity contribution in [2.24, 2.45) is 0 Å². The van der Waals surface area contributed by atoms with Gasteiger partial charge in [0, 0.05) is 31.2 Å². The van der Waals surface area contributed by atoms with E-state index in [4.69, 9.17) is 0 Å². The minimum Gasteiger partial charge on any atom is -0.353 e. The lowest BCUT2D eigenvalue weighted by Crippen LogP contribution is -2.46. The molecule has 1 fully saturated rings. The SMILES string of the molecule is CC(=O)Nc1ccsc1C(=O)NC1CCN(CCCCC2(C(=O)NCC(P)(P)P)c3ccccc3-c3ccccc32)C1=O. The number of carbonyl (C=O) groups excluding carboxylic acids is 4. The highest BCUT2D eigenvalue weighted by Crippen LogP contribution is 2.51. The van der Waals surface area contributed by atoms with Gasteiger partial charge < -0.3 is 20.9 Å². The van der Waals surface area contributed by atoms with Crippen LogP contribution >= 0.6 is 39.1 Å². The van der Waals surface area contributed by atoms with E-state index < -0.39 is 11.5 Å². The van der Waals surface area contributed by atoms with Gasteiger partial charge in [-0.1, -0.05) is 48.5 Å². The Kier molecular flexibility index (Phi) is 9.68. The standard InChI is InChI=1S/C31H37N4O4P3S/c1-19(36)33-24-13-17-43-26(24)27(37)34-25-12-16-35(28(25)38)15-7-6-14-30(29(39)32-18-31(40,41)42)22-10-4-2-8-20(22)21-9-3-5-11-23(21)30/h2-5,8-11,13,17,25H,6-7,12,14-16,18,40-42H2,1H3,(H,32,39)(H,33,36)(H,34,37). The highest BCUT2D eigenvalue weighted by atomic mass is 32.1. The summed E-state index contributed by atoms with van der Waals surface area (Å²) in [5, 5.41) is 10.4. The summed E-state index contributed by atoms with van der Waals surface area (Å²) in [6.07, 6.45) is 2.60. The molecule has 1 aliphatic heterocycles. The van der Waals surface area contributed by atoms with Crippen molar-refractivity contribution in [1.29, 1.82) is 0 Å². The fraction of sp³-hybridized carbons (Fsp3) is 0.355. The second kappa shape index (κ2) is 13.1. The number of unbranched alkanes of at least 4 members (excludes halogenated alkanes) is 1. The highest BCUT2D eigenvalue weighted by molar-refractivity contribution is 7.57. The first-order valence-corrected chi connectivity index (χ1v) is 16.9. The van der Waals surface area contributed by atoms with E-state index in [1.807, 2.05) is 24.3 Å². The number of fused-ring (bicyclic) bond motifs is 3. The van der Waals surface area contributed by atoms with Gasteiger partial charge in [-0.2, -0.15) is 0 Å². The summed E-state index contributed by atoms with van der Waals surface area (Å²) in [5.41, 5.74) is 3.83. The van der Waals surface area contributed by atoms with Crippen LogP contribution < -0.4 is 16.0 Å². The predicted molar refractivity (Wildman–Crippen MR) is 182 cm³/mol. The number of thiophene rings is 1. The maximum atomic E-state index is 14.1. The van der Waals surface area contributed by atoms with Gasteiger partial charge in [-0.15, -0.1) is 39.1 Å². The Morgan fingerprint density at radius 3 is 2.28 bits per heavy atom. The van der Waals surface area contributed by atoms with Crippen molar-refractivity contribution in [1.82, 2.24) is 15.5 Å². The summed E-state index contributed by atoms with van der Waals surface area (Å²) in [4.78, 5) is 53.8. The van der Waals surface area contributed by atoms with E-state index in [9.17, 15) is 19.2 Å². The van der Waals surface area contributed by atoms with E-state index in [0.29, 0.717) is 43.0 Å². The molecule has 1 aliphatic carbocycles. The van der Waals surface area contributed by atoms with Crippen LogP contribution in [0.2, 0.25) is 0 Å². The zero-order valence-electron chi connectivity index (χ0n) is 24.0. The lowest BCUT2D eigenvalue weighted by molar-refractivity contribution is -0.129. The zero-order valence-corrected chi connectivity index (χ0v) is 28.3. The fourth-order valence-corrected chi connectivity index (χ4v) is 7.18. The number of amides is 4. The third-order valence-corrected chi connectivity index (χ3v) is 9.55. The normalized spacial score (nSPS) is 16.9. The summed E-state index contributed by atoms with van der Waals surface area (Å²) in [5.74, 6) is -0.747. The number of likely N-dealkylation sites (tertiary alicyclic amines) is 1. The molecule has 5 rings (SSSR count). The van der Waals surface area contributed by atoms with E-state index >= 15 is 0 Å².